The number of nitrogens with zero attached hydrogens (tertiary/aromatic N) is 1. The average molecular weight is 154 g/mol. The Morgan fingerprint density at radius 3 is 2.55 bits per heavy atom. The van der Waals surface area contributed by atoms with Crippen molar-refractivity contribution in [1.82, 2.24) is 5.16 Å². The van der Waals surface area contributed by atoms with E-state index in [1.54, 1.807) is 0 Å². The summed E-state index contributed by atoms with van der Waals surface area (Å²) in [6.07, 6.45) is 0.905. The van der Waals surface area contributed by atoms with Gasteiger partial charge in [-0.1, -0.05) is 12.1 Å². The predicted octanol–water partition coefficient (Wildman–Crippen LogP) is 1.57. The molecule has 0 aromatic carbocycles. The van der Waals surface area contributed by atoms with Crippen LogP contribution >= 0.6 is 0 Å². The molecule has 1 heterocycles. The first-order valence-corrected chi connectivity index (χ1v) is 3.87. The van der Waals surface area contributed by atoms with Gasteiger partial charge in [0.1, 0.15) is 0 Å². The Morgan fingerprint density at radius 1 is 1.64 bits per heavy atom. The van der Waals surface area contributed by atoms with Gasteiger partial charge < -0.3 is 10.3 Å². The van der Waals surface area contributed by atoms with Crippen LogP contribution in [0.4, 0.5) is 0 Å². The number of aryl methyl sites for hydroxylation is 1. The predicted molar refractivity (Wildman–Crippen MR) is 43.2 cm³/mol. The van der Waals surface area contributed by atoms with Crippen molar-refractivity contribution in [2.75, 3.05) is 0 Å². The lowest BCUT2D eigenvalue weighted by Gasteiger charge is -1.98. The molecule has 1 aromatic rings. The van der Waals surface area contributed by atoms with Gasteiger partial charge in [-0.3, -0.25) is 0 Å². The molecule has 62 valence electrons. The molecule has 0 bridgehead atoms. The summed E-state index contributed by atoms with van der Waals surface area (Å²) in [5.74, 6) is 0.807. The zero-order valence-electron chi connectivity index (χ0n) is 7.22. The highest BCUT2D eigenvalue weighted by Crippen LogP contribution is 2.18. The van der Waals surface area contributed by atoms with Crippen LogP contribution in [0.25, 0.3) is 0 Å². The molecule has 0 aliphatic rings. The molecule has 0 fully saturated rings. The lowest BCUT2D eigenvalue weighted by Crippen LogP contribution is -2.05. The summed E-state index contributed by atoms with van der Waals surface area (Å²) in [6, 6.07) is -0.0530. The molecule has 2 N–H and O–H groups in total. The molecule has 11 heavy (non-hydrogen) atoms. The van der Waals surface area contributed by atoms with Crippen LogP contribution in [0.5, 0.6) is 0 Å². The van der Waals surface area contributed by atoms with E-state index in [0.717, 1.165) is 23.4 Å². The monoisotopic (exact) mass is 154 g/mol. The second-order valence-electron chi connectivity index (χ2n) is 2.76. The zero-order valence-corrected chi connectivity index (χ0v) is 7.22. The van der Waals surface area contributed by atoms with Gasteiger partial charge in [0.2, 0.25) is 0 Å². The van der Waals surface area contributed by atoms with E-state index in [1.165, 1.54) is 0 Å². The molecule has 0 spiro atoms. The van der Waals surface area contributed by atoms with Gasteiger partial charge in [0, 0.05) is 5.56 Å². The van der Waals surface area contributed by atoms with Gasteiger partial charge in [0.05, 0.1) is 11.7 Å². The second-order valence-corrected chi connectivity index (χ2v) is 2.76. The van der Waals surface area contributed by atoms with Crippen molar-refractivity contribution >= 4 is 0 Å². The number of nitrogens with two attached hydrogens (primary N) is 1. The molecule has 3 heteroatoms. The van der Waals surface area contributed by atoms with Gasteiger partial charge in [0.15, 0.2) is 5.76 Å². The summed E-state index contributed by atoms with van der Waals surface area (Å²) < 4.78 is 5.07. The summed E-state index contributed by atoms with van der Waals surface area (Å²) in [6.45, 7) is 5.94. The highest BCUT2D eigenvalue weighted by atomic mass is 16.5. The van der Waals surface area contributed by atoms with Crippen molar-refractivity contribution in [1.29, 1.82) is 0 Å². The van der Waals surface area contributed by atoms with Crippen LogP contribution in [0.3, 0.4) is 0 Å². The van der Waals surface area contributed by atoms with Crippen LogP contribution in [0, 0.1) is 6.92 Å². The van der Waals surface area contributed by atoms with Crippen molar-refractivity contribution < 1.29 is 4.52 Å². The van der Waals surface area contributed by atoms with E-state index in [1.807, 2.05) is 13.8 Å². The Bertz CT molecular complexity index is 240. The van der Waals surface area contributed by atoms with Crippen LogP contribution in [-0.4, -0.2) is 5.16 Å². The standard InChI is InChI=1S/C8H14N2O/c1-4-7-5(2)8(6(3)9)11-10-7/h6H,4,9H2,1-3H3. The molecule has 3 nitrogen and oxygen atoms in total. The SMILES string of the molecule is CCc1noc(C(C)N)c1C. The molecule has 0 saturated heterocycles. The van der Waals surface area contributed by atoms with Gasteiger partial charge in [-0.05, 0) is 20.3 Å². The summed E-state index contributed by atoms with van der Waals surface area (Å²) in [7, 11) is 0. The third-order valence-electron chi connectivity index (χ3n) is 1.81. The van der Waals surface area contributed by atoms with Gasteiger partial charge in [-0.2, -0.15) is 0 Å². The van der Waals surface area contributed by atoms with E-state index < -0.39 is 0 Å². The van der Waals surface area contributed by atoms with Gasteiger partial charge in [-0.15, -0.1) is 0 Å². The normalized spacial score (nSPS) is 13.5. The maximum Gasteiger partial charge on any atom is 0.156 e. The summed E-state index contributed by atoms with van der Waals surface area (Å²) in [4.78, 5) is 0. The Labute approximate surface area is 66.6 Å². The lowest BCUT2D eigenvalue weighted by molar-refractivity contribution is 0.362. The zero-order chi connectivity index (χ0) is 8.43. The number of hydrogen-bond acceptors (Lipinski definition) is 3. The maximum atomic E-state index is 5.65. The van der Waals surface area contributed by atoms with Crippen molar-refractivity contribution in [2.45, 2.75) is 33.2 Å². The van der Waals surface area contributed by atoms with E-state index in [2.05, 4.69) is 12.1 Å². The van der Waals surface area contributed by atoms with E-state index in [-0.39, 0.29) is 6.04 Å². The molecule has 1 aromatic heterocycles. The molecule has 1 rings (SSSR count). The van der Waals surface area contributed by atoms with Crippen molar-refractivity contribution in [3.8, 4) is 0 Å². The van der Waals surface area contributed by atoms with E-state index in [4.69, 9.17) is 10.3 Å². The smallest absolute Gasteiger partial charge is 0.156 e. The first-order valence-electron chi connectivity index (χ1n) is 3.87. The largest absolute Gasteiger partial charge is 0.359 e. The van der Waals surface area contributed by atoms with Crippen molar-refractivity contribution in [2.24, 2.45) is 5.73 Å². The molecule has 0 saturated carbocycles. The van der Waals surface area contributed by atoms with Crippen LogP contribution in [0.1, 0.15) is 36.9 Å². The fourth-order valence-corrected chi connectivity index (χ4v) is 1.14. The summed E-state index contributed by atoms with van der Waals surface area (Å²) >= 11 is 0. The van der Waals surface area contributed by atoms with Gasteiger partial charge in [-0.25, -0.2) is 0 Å². The van der Waals surface area contributed by atoms with Crippen LogP contribution in [-0.2, 0) is 6.42 Å². The maximum absolute atomic E-state index is 5.65. The first-order chi connectivity index (χ1) is 5.16. The third kappa shape index (κ3) is 1.43. The van der Waals surface area contributed by atoms with E-state index in [0.29, 0.717) is 0 Å². The number of rotatable bonds is 2. The van der Waals surface area contributed by atoms with Crippen LogP contribution in [0.2, 0.25) is 0 Å². The lowest BCUT2D eigenvalue weighted by atomic mass is 10.1. The van der Waals surface area contributed by atoms with Gasteiger partial charge in [0.25, 0.3) is 0 Å². The third-order valence-corrected chi connectivity index (χ3v) is 1.81. The van der Waals surface area contributed by atoms with Crippen molar-refractivity contribution in [3.63, 3.8) is 0 Å². The van der Waals surface area contributed by atoms with Gasteiger partial charge >= 0.3 is 0 Å². The summed E-state index contributed by atoms with van der Waals surface area (Å²) in [5, 5.41) is 3.90. The minimum atomic E-state index is -0.0530. The Kier molecular flexibility index (Phi) is 2.29. The fourth-order valence-electron chi connectivity index (χ4n) is 1.14. The van der Waals surface area contributed by atoms with Crippen LogP contribution < -0.4 is 5.73 Å². The van der Waals surface area contributed by atoms with E-state index in [9.17, 15) is 0 Å². The molecule has 0 aliphatic carbocycles. The molecular weight excluding hydrogens is 140 g/mol. The Hall–Kier alpha value is -0.830. The quantitative estimate of drug-likeness (QED) is 0.703. The summed E-state index contributed by atoms with van der Waals surface area (Å²) in [5.41, 5.74) is 7.76. The first kappa shape index (κ1) is 8.27. The minimum absolute atomic E-state index is 0.0530. The topological polar surface area (TPSA) is 52.0 Å². The molecule has 1 atom stereocenters. The average Bonchev–Trinajstić information content (AvgIpc) is 2.30. The van der Waals surface area contributed by atoms with Crippen LogP contribution in [0.15, 0.2) is 4.52 Å². The van der Waals surface area contributed by atoms with E-state index >= 15 is 0 Å². The van der Waals surface area contributed by atoms with Crippen molar-refractivity contribution in [3.05, 3.63) is 17.0 Å². The highest BCUT2D eigenvalue weighted by Gasteiger charge is 2.12. The molecule has 0 radical (unpaired) electrons. The fraction of sp³-hybridized carbons (Fsp3) is 0.625. The Morgan fingerprint density at radius 2 is 2.27 bits per heavy atom. The molecule has 0 aliphatic heterocycles. The second kappa shape index (κ2) is 3.05. The Balaban J connectivity index is 3.00. The highest BCUT2D eigenvalue weighted by molar-refractivity contribution is 5.22. The molecule has 1 unspecified atom stereocenters. The molecule has 0 amide bonds. The number of aromatic nitrogens is 1. The molecular formula is C8H14N2O. The number of hydrogen-bond donors (Lipinski definition) is 1. The minimum Gasteiger partial charge on any atom is -0.359 e.